The summed E-state index contributed by atoms with van der Waals surface area (Å²) in [5, 5.41) is 3.86. The minimum absolute atomic E-state index is 0.0876. The molecule has 5 N–H and O–H groups in total. The number of primary amides is 1. The second-order valence-electron chi connectivity index (χ2n) is 8.75. The van der Waals surface area contributed by atoms with Crippen LogP contribution < -0.4 is 16.8 Å². The molecule has 0 saturated heterocycles. The smallest absolute Gasteiger partial charge is 0.323 e. The van der Waals surface area contributed by atoms with Crippen molar-refractivity contribution in [2.75, 3.05) is 5.73 Å². The Morgan fingerprint density at radius 1 is 1.16 bits per heavy atom. The van der Waals surface area contributed by atoms with Gasteiger partial charge in [-0.05, 0) is 55.2 Å². The Morgan fingerprint density at radius 2 is 1.81 bits per heavy atom. The number of carbonyl (C=O) groups is 2. The third kappa shape index (κ3) is 6.80. The lowest BCUT2D eigenvalue weighted by atomic mass is 10.0. The lowest BCUT2D eigenvalue weighted by molar-refractivity contribution is -0.151. The quantitative estimate of drug-likeness (QED) is 0.481. The van der Waals surface area contributed by atoms with Gasteiger partial charge in [0.25, 0.3) is 5.91 Å². The van der Waals surface area contributed by atoms with Crippen molar-refractivity contribution in [3.8, 4) is 0 Å². The van der Waals surface area contributed by atoms with E-state index in [0.717, 1.165) is 48.1 Å². The van der Waals surface area contributed by atoms with E-state index in [1.54, 1.807) is 6.07 Å². The molecule has 1 aliphatic rings. The highest BCUT2D eigenvalue weighted by Crippen LogP contribution is 2.27. The molecule has 1 aromatic heterocycles. The maximum atomic E-state index is 12.7. The second kappa shape index (κ2) is 10.8. The van der Waals surface area contributed by atoms with Crippen molar-refractivity contribution in [3.63, 3.8) is 0 Å². The van der Waals surface area contributed by atoms with Gasteiger partial charge in [0.2, 0.25) is 0 Å². The van der Waals surface area contributed by atoms with Crippen LogP contribution in [0.2, 0.25) is 0 Å². The Balaban J connectivity index is 1.56. The van der Waals surface area contributed by atoms with Gasteiger partial charge >= 0.3 is 5.97 Å². The summed E-state index contributed by atoms with van der Waals surface area (Å²) in [4.78, 5) is 25.0. The summed E-state index contributed by atoms with van der Waals surface area (Å²) in [6, 6.07) is 9.72. The molecule has 1 saturated carbocycles. The summed E-state index contributed by atoms with van der Waals surface area (Å²) >= 11 is 1.39. The fourth-order valence-electron chi connectivity index (χ4n) is 3.94. The van der Waals surface area contributed by atoms with Gasteiger partial charge in [-0.3, -0.25) is 9.59 Å². The molecule has 0 unspecified atom stereocenters. The maximum absolute atomic E-state index is 12.7. The Kier molecular flexibility index (Phi) is 8.09. The number of ether oxygens (including phenoxy) is 1. The summed E-state index contributed by atoms with van der Waals surface area (Å²) < 4.78 is 5.73. The number of hydrogen-bond donors (Lipinski definition) is 3. The molecular weight excluding hydrogens is 410 g/mol. The number of esters is 1. The van der Waals surface area contributed by atoms with E-state index in [1.807, 2.05) is 0 Å². The standard InChI is InChI=1S/C24H33N3O3S/c1-15(2)11-21(24(29)30-18-5-3-4-6-18)27-14-17-9-7-16(8-10-17)12-19-13-20(22(25)28)23(26)31-19/h7-10,13,15,18,21,27H,3-6,11-12,14,26H2,1-2H3,(H2,25,28)/t21-/m0/s1. The van der Waals surface area contributed by atoms with E-state index in [0.29, 0.717) is 29.4 Å². The predicted molar refractivity (Wildman–Crippen MR) is 125 cm³/mol. The number of benzene rings is 1. The zero-order chi connectivity index (χ0) is 22.4. The first-order valence-electron chi connectivity index (χ1n) is 11.0. The molecule has 3 rings (SSSR count). The van der Waals surface area contributed by atoms with E-state index < -0.39 is 5.91 Å². The minimum Gasteiger partial charge on any atom is -0.461 e. The molecule has 1 aromatic carbocycles. The first-order chi connectivity index (χ1) is 14.8. The number of rotatable bonds is 10. The molecule has 0 spiro atoms. The van der Waals surface area contributed by atoms with E-state index in [-0.39, 0.29) is 18.1 Å². The predicted octanol–water partition coefficient (Wildman–Crippen LogP) is 4.01. The summed E-state index contributed by atoms with van der Waals surface area (Å²) in [7, 11) is 0. The maximum Gasteiger partial charge on any atom is 0.323 e. The molecule has 1 amide bonds. The first kappa shape index (κ1) is 23.3. The summed E-state index contributed by atoms with van der Waals surface area (Å²) in [5.74, 6) is -0.221. The molecule has 1 atom stereocenters. The van der Waals surface area contributed by atoms with Gasteiger partial charge < -0.3 is 21.5 Å². The summed E-state index contributed by atoms with van der Waals surface area (Å²) in [5.41, 5.74) is 13.8. The third-order valence-corrected chi connectivity index (χ3v) is 6.57. The van der Waals surface area contributed by atoms with Crippen LogP contribution in [0.4, 0.5) is 5.00 Å². The number of carbonyl (C=O) groups excluding carboxylic acids is 2. The molecule has 1 heterocycles. The van der Waals surface area contributed by atoms with Gasteiger partial charge in [0.05, 0.1) is 10.6 Å². The lowest BCUT2D eigenvalue weighted by Crippen LogP contribution is -2.40. The number of amides is 1. The largest absolute Gasteiger partial charge is 0.461 e. The number of anilines is 1. The van der Waals surface area contributed by atoms with E-state index >= 15 is 0 Å². The van der Waals surface area contributed by atoms with Crippen molar-refractivity contribution < 1.29 is 14.3 Å². The van der Waals surface area contributed by atoms with Crippen molar-refractivity contribution in [1.82, 2.24) is 5.32 Å². The topological polar surface area (TPSA) is 107 Å². The summed E-state index contributed by atoms with van der Waals surface area (Å²) in [6.07, 6.45) is 5.80. The molecule has 1 aliphatic carbocycles. The van der Waals surface area contributed by atoms with Crippen LogP contribution >= 0.6 is 11.3 Å². The average molecular weight is 444 g/mol. The van der Waals surface area contributed by atoms with Gasteiger partial charge in [0.1, 0.15) is 12.1 Å². The normalized spacial score (nSPS) is 15.3. The van der Waals surface area contributed by atoms with Gasteiger partial charge in [-0.2, -0.15) is 0 Å². The number of thiophene rings is 1. The van der Waals surface area contributed by atoms with E-state index in [1.165, 1.54) is 11.3 Å². The molecule has 0 aliphatic heterocycles. The second-order valence-corrected chi connectivity index (χ2v) is 9.92. The molecule has 2 aromatic rings. The molecule has 31 heavy (non-hydrogen) atoms. The number of hydrogen-bond acceptors (Lipinski definition) is 6. The van der Waals surface area contributed by atoms with Crippen LogP contribution in [0.5, 0.6) is 0 Å². The third-order valence-electron chi connectivity index (χ3n) is 5.61. The van der Waals surface area contributed by atoms with Crippen LogP contribution in [0.3, 0.4) is 0 Å². The Bertz CT molecular complexity index is 886. The molecule has 0 bridgehead atoms. The SMILES string of the molecule is CC(C)C[C@H](NCc1ccc(Cc2cc(C(N)=O)c(N)s2)cc1)C(=O)OC1CCCC1. The minimum atomic E-state index is -0.496. The number of nitrogens with two attached hydrogens (primary N) is 2. The van der Waals surface area contributed by atoms with Gasteiger partial charge in [0.15, 0.2) is 0 Å². The molecule has 0 radical (unpaired) electrons. The highest BCUT2D eigenvalue weighted by Gasteiger charge is 2.26. The lowest BCUT2D eigenvalue weighted by Gasteiger charge is -2.22. The van der Waals surface area contributed by atoms with Crippen molar-refractivity contribution in [3.05, 3.63) is 51.9 Å². The van der Waals surface area contributed by atoms with Crippen LogP contribution in [0, 0.1) is 5.92 Å². The van der Waals surface area contributed by atoms with Crippen molar-refractivity contribution >= 4 is 28.2 Å². The van der Waals surface area contributed by atoms with Crippen molar-refractivity contribution in [2.24, 2.45) is 11.7 Å². The van der Waals surface area contributed by atoms with Gasteiger partial charge in [-0.15, -0.1) is 11.3 Å². The molecular formula is C24H33N3O3S. The fraction of sp³-hybridized carbons (Fsp3) is 0.500. The zero-order valence-electron chi connectivity index (χ0n) is 18.4. The summed E-state index contributed by atoms with van der Waals surface area (Å²) in [6.45, 7) is 4.84. The van der Waals surface area contributed by atoms with Crippen molar-refractivity contribution in [1.29, 1.82) is 0 Å². The van der Waals surface area contributed by atoms with Crippen LogP contribution in [0.15, 0.2) is 30.3 Å². The molecule has 1 fully saturated rings. The van der Waals surface area contributed by atoms with Gasteiger partial charge in [-0.1, -0.05) is 38.1 Å². The van der Waals surface area contributed by atoms with Crippen LogP contribution in [-0.4, -0.2) is 24.0 Å². The van der Waals surface area contributed by atoms with Gasteiger partial charge in [-0.25, -0.2) is 0 Å². The van der Waals surface area contributed by atoms with Gasteiger partial charge in [0, 0.05) is 17.8 Å². The average Bonchev–Trinajstić information content (AvgIpc) is 3.35. The highest BCUT2D eigenvalue weighted by atomic mass is 32.1. The number of nitrogens with one attached hydrogen (secondary N) is 1. The van der Waals surface area contributed by atoms with Crippen LogP contribution in [0.1, 0.15) is 72.3 Å². The number of nitrogen functional groups attached to an aromatic ring is 1. The Morgan fingerprint density at radius 3 is 2.39 bits per heavy atom. The van der Waals surface area contributed by atoms with Crippen molar-refractivity contribution in [2.45, 2.75) is 71.1 Å². The molecule has 168 valence electrons. The van der Waals surface area contributed by atoms with Crippen LogP contribution in [0.25, 0.3) is 0 Å². The van der Waals surface area contributed by atoms with E-state index in [4.69, 9.17) is 16.2 Å². The Hall–Kier alpha value is -2.38. The Labute approximate surface area is 188 Å². The molecule has 6 nitrogen and oxygen atoms in total. The fourth-order valence-corrected chi connectivity index (χ4v) is 4.91. The van der Waals surface area contributed by atoms with E-state index in [9.17, 15) is 9.59 Å². The first-order valence-corrected chi connectivity index (χ1v) is 11.8. The highest BCUT2D eigenvalue weighted by molar-refractivity contribution is 7.16. The van der Waals surface area contributed by atoms with Crippen LogP contribution in [-0.2, 0) is 22.5 Å². The zero-order valence-corrected chi connectivity index (χ0v) is 19.2. The monoisotopic (exact) mass is 443 g/mol. The molecule has 7 heteroatoms. The van der Waals surface area contributed by atoms with E-state index in [2.05, 4.69) is 43.4 Å².